The van der Waals surface area contributed by atoms with Crippen LogP contribution in [-0.2, 0) is 19.6 Å². The zero-order chi connectivity index (χ0) is 14.6. The zero-order valence-electron chi connectivity index (χ0n) is 10.0. The third kappa shape index (κ3) is 4.04. The van der Waals surface area contributed by atoms with E-state index < -0.39 is 34.4 Å². The molecule has 0 aromatic heterocycles. The summed E-state index contributed by atoms with van der Waals surface area (Å²) in [6.45, 7) is 1.56. The Kier molecular flexibility index (Phi) is 4.62. The van der Waals surface area contributed by atoms with Crippen molar-refractivity contribution in [3.8, 4) is 0 Å². The Balaban J connectivity index is 3.04. The van der Waals surface area contributed by atoms with Gasteiger partial charge in [0.2, 0.25) is 10.0 Å². The molecule has 1 atom stereocenters. The number of rotatable bonds is 6. The van der Waals surface area contributed by atoms with Gasteiger partial charge < -0.3 is 10.2 Å². The van der Waals surface area contributed by atoms with Crippen LogP contribution in [0.15, 0.2) is 29.2 Å². The Hall–Kier alpha value is -1.93. The van der Waals surface area contributed by atoms with Crippen molar-refractivity contribution in [3.05, 3.63) is 29.8 Å². The summed E-state index contributed by atoms with van der Waals surface area (Å²) in [7, 11) is -4.07. The molecule has 0 unspecified atom stereocenters. The third-order valence-corrected chi connectivity index (χ3v) is 3.99. The fourth-order valence-electron chi connectivity index (χ4n) is 1.46. The van der Waals surface area contributed by atoms with E-state index in [0.29, 0.717) is 5.56 Å². The van der Waals surface area contributed by atoms with E-state index in [4.69, 9.17) is 10.2 Å². The molecule has 0 fully saturated rings. The highest BCUT2D eigenvalue weighted by atomic mass is 32.2. The molecule has 1 aromatic rings. The van der Waals surface area contributed by atoms with Gasteiger partial charge in [0.05, 0.1) is 11.3 Å². The van der Waals surface area contributed by atoms with Crippen LogP contribution < -0.4 is 4.72 Å². The molecule has 104 valence electrons. The first-order valence-corrected chi connectivity index (χ1v) is 6.75. The van der Waals surface area contributed by atoms with Gasteiger partial charge in [-0.2, -0.15) is 4.72 Å². The number of sulfonamides is 1. The first-order chi connectivity index (χ1) is 8.74. The molecular weight excluding hydrogens is 274 g/mol. The summed E-state index contributed by atoms with van der Waals surface area (Å²) in [5.41, 5.74) is 0.439. The van der Waals surface area contributed by atoms with Crippen molar-refractivity contribution in [2.75, 3.05) is 0 Å². The monoisotopic (exact) mass is 287 g/mol. The molecular formula is C11H13NO6S. The van der Waals surface area contributed by atoms with Crippen LogP contribution in [0.5, 0.6) is 0 Å². The zero-order valence-corrected chi connectivity index (χ0v) is 10.8. The molecule has 0 bridgehead atoms. The lowest BCUT2D eigenvalue weighted by atomic mass is 10.2. The molecule has 0 heterocycles. The van der Waals surface area contributed by atoms with Gasteiger partial charge in [-0.3, -0.25) is 9.59 Å². The summed E-state index contributed by atoms with van der Waals surface area (Å²) in [6, 6.07) is 4.30. The van der Waals surface area contributed by atoms with Crippen LogP contribution in [0.1, 0.15) is 12.0 Å². The first-order valence-electron chi connectivity index (χ1n) is 5.26. The molecule has 0 spiro atoms. The molecule has 0 saturated carbocycles. The lowest BCUT2D eigenvalue weighted by Crippen LogP contribution is -2.42. The van der Waals surface area contributed by atoms with Crippen molar-refractivity contribution >= 4 is 22.0 Å². The average Bonchev–Trinajstić information content (AvgIpc) is 2.27. The molecule has 8 heteroatoms. The van der Waals surface area contributed by atoms with Gasteiger partial charge in [-0.05, 0) is 18.6 Å². The number of carboxylic acid groups (broad SMARTS) is 2. The fourth-order valence-corrected chi connectivity index (χ4v) is 2.90. The minimum Gasteiger partial charge on any atom is -0.481 e. The van der Waals surface area contributed by atoms with Gasteiger partial charge in [-0.15, -0.1) is 0 Å². The van der Waals surface area contributed by atoms with Gasteiger partial charge in [-0.25, -0.2) is 8.42 Å². The van der Waals surface area contributed by atoms with Gasteiger partial charge in [0.1, 0.15) is 6.04 Å². The highest BCUT2D eigenvalue weighted by Crippen LogP contribution is 2.14. The largest absolute Gasteiger partial charge is 0.481 e. The number of aliphatic carboxylic acids is 2. The van der Waals surface area contributed by atoms with Gasteiger partial charge in [-0.1, -0.05) is 18.2 Å². The lowest BCUT2D eigenvalue weighted by Gasteiger charge is -2.14. The van der Waals surface area contributed by atoms with Crippen molar-refractivity contribution in [1.29, 1.82) is 0 Å². The van der Waals surface area contributed by atoms with Crippen LogP contribution in [0.3, 0.4) is 0 Å². The lowest BCUT2D eigenvalue weighted by molar-refractivity contribution is -0.145. The van der Waals surface area contributed by atoms with Crippen molar-refractivity contribution in [2.45, 2.75) is 24.3 Å². The number of carboxylic acids is 2. The van der Waals surface area contributed by atoms with Gasteiger partial charge in [0.25, 0.3) is 0 Å². The van der Waals surface area contributed by atoms with Crippen molar-refractivity contribution < 1.29 is 28.2 Å². The Morgan fingerprint density at radius 1 is 1.26 bits per heavy atom. The number of aryl methyl sites for hydroxylation is 1. The topological polar surface area (TPSA) is 121 Å². The standard InChI is InChI=1S/C11H13NO6S/c1-7-4-2-3-5-9(7)19(17,18)12-8(11(15)16)6-10(13)14/h2-5,8,12H,6H2,1H3,(H,13,14)(H,15,16)/t8-/m1/s1. The number of hydrogen-bond donors (Lipinski definition) is 3. The highest BCUT2D eigenvalue weighted by Gasteiger charge is 2.28. The second-order valence-corrected chi connectivity index (χ2v) is 5.56. The van der Waals surface area contributed by atoms with Crippen molar-refractivity contribution in [1.82, 2.24) is 4.72 Å². The summed E-state index contributed by atoms with van der Waals surface area (Å²) in [5, 5.41) is 17.4. The molecule has 7 nitrogen and oxygen atoms in total. The van der Waals surface area contributed by atoms with Crippen LogP contribution in [0, 0.1) is 6.92 Å². The molecule has 0 saturated heterocycles. The Morgan fingerprint density at radius 3 is 2.32 bits per heavy atom. The van der Waals surface area contributed by atoms with E-state index in [9.17, 15) is 18.0 Å². The number of benzene rings is 1. The minimum absolute atomic E-state index is 0.0772. The van der Waals surface area contributed by atoms with Crippen molar-refractivity contribution in [2.24, 2.45) is 0 Å². The number of carbonyl (C=O) groups is 2. The van der Waals surface area contributed by atoms with Crippen LogP contribution in [0.4, 0.5) is 0 Å². The smallest absolute Gasteiger partial charge is 0.322 e. The predicted molar refractivity (Wildman–Crippen MR) is 65.2 cm³/mol. The van der Waals surface area contributed by atoms with E-state index >= 15 is 0 Å². The SMILES string of the molecule is Cc1ccccc1S(=O)(=O)N[C@H](CC(=O)O)C(=O)O. The molecule has 0 aliphatic rings. The third-order valence-electron chi connectivity index (χ3n) is 2.36. The predicted octanol–water partition coefficient (Wildman–Crippen LogP) is 0.201. The summed E-state index contributed by atoms with van der Waals surface area (Å²) in [5.74, 6) is -2.94. The maximum absolute atomic E-state index is 12.0. The van der Waals surface area contributed by atoms with Crippen molar-refractivity contribution in [3.63, 3.8) is 0 Å². The fraction of sp³-hybridized carbons (Fsp3) is 0.273. The van der Waals surface area contributed by atoms with E-state index in [0.717, 1.165) is 0 Å². The van der Waals surface area contributed by atoms with Crippen LogP contribution in [-0.4, -0.2) is 36.6 Å². The van der Waals surface area contributed by atoms with E-state index in [2.05, 4.69) is 0 Å². The Bertz CT molecular complexity index is 595. The van der Waals surface area contributed by atoms with E-state index in [1.807, 2.05) is 4.72 Å². The molecule has 3 N–H and O–H groups in total. The molecule has 0 aliphatic heterocycles. The maximum atomic E-state index is 12.0. The van der Waals surface area contributed by atoms with Gasteiger partial charge >= 0.3 is 11.9 Å². The normalized spacial score (nSPS) is 12.9. The second kappa shape index (κ2) is 5.81. The maximum Gasteiger partial charge on any atom is 0.322 e. The van der Waals surface area contributed by atoms with Crippen LogP contribution >= 0.6 is 0 Å². The molecule has 0 aliphatic carbocycles. The van der Waals surface area contributed by atoms with E-state index in [1.54, 1.807) is 19.1 Å². The summed E-state index contributed by atoms with van der Waals surface area (Å²) < 4.78 is 25.8. The second-order valence-electron chi connectivity index (χ2n) is 3.88. The Morgan fingerprint density at radius 2 is 1.84 bits per heavy atom. The molecule has 19 heavy (non-hydrogen) atoms. The van der Waals surface area contributed by atoms with E-state index in [-0.39, 0.29) is 4.90 Å². The average molecular weight is 287 g/mol. The highest BCUT2D eigenvalue weighted by molar-refractivity contribution is 7.89. The molecule has 1 rings (SSSR count). The van der Waals surface area contributed by atoms with Crippen LogP contribution in [0.25, 0.3) is 0 Å². The van der Waals surface area contributed by atoms with Gasteiger partial charge in [0.15, 0.2) is 0 Å². The van der Waals surface area contributed by atoms with Gasteiger partial charge in [0, 0.05) is 0 Å². The van der Waals surface area contributed by atoms with Crippen LogP contribution in [0.2, 0.25) is 0 Å². The molecule has 0 amide bonds. The van der Waals surface area contributed by atoms with E-state index in [1.165, 1.54) is 12.1 Å². The summed E-state index contributed by atoms with van der Waals surface area (Å²) in [6.07, 6.45) is -0.833. The number of nitrogens with one attached hydrogen (secondary N) is 1. The molecule has 1 aromatic carbocycles. The quantitative estimate of drug-likeness (QED) is 0.687. The minimum atomic E-state index is -4.07. The number of hydrogen-bond acceptors (Lipinski definition) is 4. The summed E-state index contributed by atoms with van der Waals surface area (Å²) in [4.78, 5) is 21.3. The Labute approximate surface area is 109 Å². The summed E-state index contributed by atoms with van der Waals surface area (Å²) >= 11 is 0. The molecule has 0 radical (unpaired) electrons. The first kappa shape index (κ1) is 15.1.